The summed E-state index contributed by atoms with van der Waals surface area (Å²) in [5.41, 5.74) is 0. The Hall–Kier alpha value is -0.670. The van der Waals surface area contributed by atoms with E-state index in [0.717, 1.165) is 31.2 Å². The molecule has 2 N–H and O–H groups in total. The Morgan fingerprint density at radius 2 is 1.89 bits per heavy atom. The Morgan fingerprint density at radius 1 is 1.26 bits per heavy atom. The molecule has 1 aromatic rings. The topological polar surface area (TPSA) is 37.0 Å². The van der Waals surface area contributed by atoms with E-state index in [1.807, 2.05) is 0 Å². The minimum absolute atomic E-state index is 0.569. The zero-order valence-electron chi connectivity index (χ0n) is 11.5. The number of nitrogens with one attached hydrogen (secondary N) is 2. The van der Waals surface area contributed by atoms with Crippen LogP contribution in [0.1, 0.15) is 33.1 Å². The lowest BCUT2D eigenvalue weighted by Gasteiger charge is -2.15. The summed E-state index contributed by atoms with van der Waals surface area (Å²) in [5, 5.41) is 7.70. The molecule has 106 valence electrons. The largest absolute Gasteiger partial charge is 0.369 e. The van der Waals surface area contributed by atoms with E-state index in [4.69, 9.17) is 23.2 Å². The summed E-state index contributed by atoms with van der Waals surface area (Å²) in [6, 6.07) is 1.75. The summed E-state index contributed by atoms with van der Waals surface area (Å²) in [5.74, 6) is 2.96. The molecule has 0 aromatic carbocycles. The third kappa shape index (κ3) is 4.15. The normalized spacial score (nSPS) is 16.2. The van der Waals surface area contributed by atoms with Gasteiger partial charge >= 0.3 is 0 Å². The summed E-state index contributed by atoms with van der Waals surface area (Å²) in [6.07, 6.45) is 3.74. The molecule has 19 heavy (non-hydrogen) atoms. The highest BCUT2D eigenvalue weighted by molar-refractivity contribution is 6.37. The maximum Gasteiger partial charge on any atom is 0.147 e. The molecule has 0 spiro atoms. The fourth-order valence-corrected chi connectivity index (χ4v) is 2.54. The SMILES string of the molecule is CCCNc1nc(NCC(C)C2CC2)c(Cl)cc1Cl. The minimum atomic E-state index is 0.569. The van der Waals surface area contributed by atoms with Gasteiger partial charge in [-0.25, -0.2) is 4.98 Å². The van der Waals surface area contributed by atoms with Gasteiger partial charge in [-0.05, 0) is 37.2 Å². The highest BCUT2D eigenvalue weighted by atomic mass is 35.5. The maximum absolute atomic E-state index is 6.18. The average Bonchev–Trinajstić information content (AvgIpc) is 3.20. The van der Waals surface area contributed by atoms with Crippen LogP contribution in [0.4, 0.5) is 11.6 Å². The van der Waals surface area contributed by atoms with Crippen molar-refractivity contribution in [2.45, 2.75) is 33.1 Å². The second kappa shape index (κ2) is 6.67. The summed E-state index contributed by atoms with van der Waals surface area (Å²) in [4.78, 5) is 4.47. The molecule has 1 atom stereocenters. The van der Waals surface area contributed by atoms with Crippen LogP contribution in [0, 0.1) is 11.8 Å². The lowest BCUT2D eigenvalue weighted by atomic mass is 10.1. The van der Waals surface area contributed by atoms with Crippen molar-refractivity contribution >= 4 is 34.8 Å². The second-order valence-electron chi connectivity index (χ2n) is 5.27. The number of hydrogen-bond acceptors (Lipinski definition) is 3. The fraction of sp³-hybridized carbons (Fsp3) is 0.643. The van der Waals surface area contributed by atoms with E-state index in [1.54, 1.807) is 6.07 Å². The average molecular weight is 302 g/mol. The molecule has 0 radical (unpaired) electrons. The fourth-order valence-electron chi connectivity index (χ4n) is 2.05. The van der Waals surface area contributed by atoms with Gasteiger partial charge in [0, 0.05) is 13.1 Å². The van der Waals surface area contributed by atoms with E-state index >= 15 is 0 Å². The quantitative estimate of drug-likeness (QED) is 0.768. The van der Waals surface area contributed by atoms with Gasteiger partial charge in [0.05, 0.1) is 10.0 Å². The molecule has 1 unspecified atom stereocenters. The van der Waals surface area contributed by atoms with Crippen molar-refractivity contribution in [2.75, 3.05) is 23.7 Å². The molecule has 1 aliphatic carbocycles. The van der Waals surface area contributed by atoms with Crippen molar-refractivity contribution in [3.63, 3.8) is 0 Å². The molecule has 1 aliphatic rings. The summed E-state index contributed by atoms with van der Waals surface area (Å²) >= 11 is 12.3. The van der Waals surface area contributed by atoms with Crippen molar-refractivity contribution in [2.24, 2.45) is 11.8 Å². The number of pyridine rings is 1. The van der Waals surface area contributed by atoms with Crippen LogP contribution in [-0.4, -0.2) is 18.1 Å². The number of aromatic nitrogens is 1. The summed E-state index contributed by atoms with van der Waals surface area (Å²) in [6.45, 7) is 6.14. The molecule has 2 rings (SSSR count). The lowest BCUT2D eigenvalue weighted by Crippen LogP contribution is -2.14. The predicted molar refractivity (Wildman–Crippen MR) is 83.4 cm³/mol. The highest BCUT2D eigenvalue weighted by Gasteiger charge is 2.27. The van der Waals surface area contributed by atoms with E-state index in [2.05, 4.69) is 29.5 Å². The Labute approximate surface area is 125 Å². The number of hydrogen-bond donors (Lipinski definition) is 2. The maximum atomic E-state index is 6.18. The standard InChI is InChI=1S/C14H21Cl2N3/c1-3-6-17-13-11(15)7-12(16)14(19-13)18-8-9(2)10-4-5-10/h7,9-10H,3-6,8H2,1-2H3,(H2,17,18,19). The van der Waals surface area contributed by atoms with Crippen LogP contribution in [0.15, 0.2) is 6.07 Å². The Bertz CT molecular complexity index is 433. The van der Waals surface area contributed by atoms with Crippen LogP contribution in [0.2, 0.25) is 10.0 Å². The number of anilines is 2. The van der Waals surface area contributed by atoms with Crippen molar-refractivity contribution in [1.82, 2.24) is 4.98 Å². The van der Waals surface area contributed by atoms with E-state index in [9.17, 15) is 0 Å². The molecule has 3 nitrogen and oxygen atoms in total. The Morgan fingerprint density at radius 3 is 2.47 bits per heavy atom. The first kappa shape index (κ1) is 14.7. The summed E-state index contributed by atoms with van der Waals surface area (Å²) in [7, 11) is 0. The van der Waals surface area contributed by atoms with Crippen molar-refractivity contribution in [3.8, 4) is 0 Å². The van der Waals surface area contributed by atoms with Gasteiger partial charge in [-0.15, -0.1) is 0 Å². The van der Waals surface area contributed by atoms with E-state index in [1.165, 1.54) is 12.8 Å². The number of halogens is 2. The smallest absolute Gasteiger partial charge is 0.147 e. The monoisotopic (exact) mass is 301 g/mol. The zero-order valence-corrected chi connectivity index (χ0v) is 13.0. The van der Waals surface area contributed by atoms with E-state index in [0.29, 0.717) is 21.8 Å². The third-order valence-electron chi connectivity index (χ3n) is 3.49. The van der Waals surface area contributed by atoms with Crippen LogP contribution in [-0.2, 0) is 0 Å². The van der Waals surface area contributed by atoms with Gasteiger partial charge < -0.3 is 10.6 Å². The highest BCUT2D eigenvalue weighted by Crippen LogP contribution is 2.37. The molecule has 0 saturated heterocycles. The molecule has 0 aliphatic heterocycles. The van der Waals surface area contributed by atoms with Crippen LogP contribution in [0.5, 0.6) is 0 Å². The van der Waals surface area contributed by atoms with Crippen molar-refractivity contribution in [1.29, 1.82) is 0 Å². The van der Waals surface area contributed by atoms with Gasteiger partial charge in [0.15, 0.2) is 0 Å². The third-order valence-corrected chi connectivity index (χ3v) is 4.07. The van der Waals surface area contributed by atoms with Gasteiger partial charge in [-0.1, -0.05) is 37.0 Å². The van der Waals surface area contributed by atoms with Gasteiger partial charge in [-0.3, -0.25) is 0 Å². The molecule has 5 heteroatoms. The Kier molecular flexibility index (Phi) is 5.17. The Balaban J connectivity index is 2.01. The molecule has 1 saturated carbocycles. The first-order valence-corrected chi connectivity index (χ1v) is 7.71. The molecule has 0 amide bonds. The van der Waals surface area contributed by atoms with Crippen molar-refractivity contribution in [3.05, 3.63) is 16.1 Å². The number of nitrogens with zero attached hydrogens (tertiary/aromatic N) is 1. The first-order chi connectivity index (χ1) is 9.11. The van der Waals surface area contributed by atoms with Gasteiger partial charge in [0.1, 0.15) is 11.6 Å². The second-order valence-corrected chi connectivity index (χ2v) is 6.09. The van der Waals surface area contributed by atoms with E-state index < -0.39 is 0 Å². The predicted octanol–water partition coefficient (Wildman–Crippen LogP) is 4.67. The molecule has 1 aromatic heterocycles. The van der Waals surface area contributed by atoms with Crippen LogP contribution in [0.3, 0.4) is 0 Å². The lowest BCUT2D eigenvalue weighted by molar-refractivity contribution is 0.536. The zero-order chi connectivity index (χ0) is 13.8. The molecule has 1 heterocycles. The van der Waals surface area contributed by atoms with Crippen LogP contribution >= 0.6 is 23.2 Å². The first-order valence-electron chi connectivity index (χ1n) is 6.95. The molecular formula is C14H21Cl2N3. The summed E-state index contributed by atoms with van der Waals surface area (Å²) < 4.78 is 0. The van der Waals surface area contributed by atoms with Gasteiger partial charge in [0.2, 0.25) is 0 Å². The van der Waals surface area contributed by atoms with Crippen LogP contribution < -0.4 is 10.6 Å². The molecular weight excluding hydrogens is 281 g/mol. The van der Waals surface area contributed by atoms with Gasteiger partial charge in [-0.2, -0.15) is 0 Å². The molecule has 0 bridgehead atoms. The van der Waals surface area contributed by atoms with E-state index in [-0.39, 0.29) is 0 Å². The minimum Gasteiger partial charge on any atom is -0.369 e. The van der Waals surface area contributed by atoms with Crippen molar-refractivity contribution < 1.29 is 0 Å². The number of rotatable bonds is 7. The van der Waals surface area contributed by atoms with Crippen LogP contribution in [0.25, 0.3) is 0 Å². The van der Waals surface area contributed by atoms with Gasteiger partial charge in [0.25, 0.3) is 0 Å². The molecule has 1 fully saturated rings.